The van der Waals surface area contributed by atoms with Crippen molar-refractivity contribution in [2.24, 2.45) is 20.7 Å². The second-order valence-electron chi connectivity index (χ2n) is 2.79. The number of carbonyl (C=O) groups is 1. The lowest BCUT2D eigenvalue weighted by Gasteiger charge is -2.17. The monoisotopic (exact) mass is 224 g/mol. The molecule has 15 heavy (non-hydrogen) atoms. The number of nitrogens with zero attached hydrogens (tertiary/aromatic N) is 4. The van der Waals surface area contributed by atoms with Crippen LogP contribution in [0.2, 0.25) is 0 Å². The molecule has 1 aliphatic rings. The lowest BCUT2D eigenvalue weighted by Crippen LogP contribution is -2.25. The van der Waals surface area contributed by atoms with Crippen molar-refractivity contribution in [1.29, 1.82) is 0 Å². The van der Waals surface area contributed by atoms with Gasteiger partial charge in [0, 0.05) is 6.42 Å². The molecule has 0 aliphatic carbocycles. The molecule has 0 unspecified atom stereocenters. The van der Waals surface area contributed by atoms with Crippen molar-refractivity contribution < 1.29 is 9.53 Å². The molecular formula is C8H8N4O2S. The van der Waals surface area contributed by atoms with Crippen LogP contribution in [0.15, 0.2) is 38.2 Å². The predicted molar refractivity (Wildman–Crippen MR) is 52.1 cm³/mol. The highest BCUT2D eigenvalue weighted by Crippen LogP contribution is 2.36. The van der Waals surface area contributed by atoms with Gasteiger partial charge < -0.3 is 4.74 Å². The van der Waals surface area contributed by atoms with Crippen molar-refractivity contribution >= 4 is 17.3 Å². The standard InChI is InChI=1S/C8H8N4O2S/c1-2-7(13)14-8(9-11-12-10-8)6-4-3-5-15-6/h3-5H,2H2,1H3. The summed E-state index contributed by atoms with van der Waals surface area (Å²) in [6, 6.07) is 3.60. The molecule has 6 nitrogen and oxygen atoms in total. The van der Waals surface area contributed by atoms with Gasteiger partial charge in [0.25, 0.3) is 0 Å². The van der Waals surface area contributed by atoms with E-state index in [0.29, 0.717) is 4.88 Å². The van der Waals surface area contributed by atoms with Gasteiger partial charge in [-0.3, -0.25) is 4.79 Å². The molecule has 7 heteroatoms. The van der Waals surface area contributed by atoms with E-state index in [1.165, 1.54) is 11.3 Å². The lowest BCUT2D eigenvalue weighted by atomic mass is 10.3. The van der Waals surface area contributed by atoms with Gasteiger partial charge >= 0.3 is 11.8 Å². The number of ether oxygens (including phenoxy) is 1. The van der Waals surface area contributed by atoms with E-state index in [9.17, 15) is 4.79 Å². The van der Waals surface area contributed by atoms with Crippen LogP contribution >= 0.6 is 11.3 Å². The Morgan fingerprint density at radius 3 is 2.80 bits per heavy atom. The first-order valence-electron chi connectivity index (χ1n) is 4.37. The van der Waals surface area contributed by atoms with Gasteiger partial charge in [-0.15, -0.1) is 11.3 Å². The Bertz CT molecular complexity index is 400. The highest BCUT2D eigenvalue weighted by atomic mass is 32.1. The minimum atomic E-state index is -1.37. The van der Waals surface area contributed by atoms with Crippen molar-refractivity contribution in [3.8, 4) is 0 Å². The number of hydrogen-bond donors (Lipinski definition) is 0. The molecule has 0 radical (unpaired) electrons. The summed E-state index contributed by atoms with van der Waals surface area (Å²) in [6.07, 6.45) is 0.262. The topological polar surface area (TPSA) is 75.7 Å². The number of hydrogen-bond acceptors (Lipinski definition) is 7. The van der Waals surface area contributed by atoms with Crippen LogP contribution in [0.5, 0.6) is 0 Å². The van der Waals surface area contributed by atoms with Gasteiger partial charge in [0.05, 0.1) is 4.88 Å². The third kappa shape index (κ3) is 1.78. The van der Waals surface area contributed by atoms with Gasteiger partial charge in [-0.25, -0.2) is 0 Å². The minimum absolute atomic E-state index is 0.262. The Morgan fingerprint density at radius 1 is 1.53 bits per heavy atom. The van der Waals surface area contributed by atoms with E-state index in [-0.39, 0.29) is 12.4 Å². The second kappa shape index (κ2) is 3.85. The zero-order chi connectivity index (χ0) is 10.7. The lowest BCUT2D eigenvalue weighted by molar-refractivity contribution is -0.159. The summed E-state index contributed by atoms with van der Waals surface area (Å²) in [4.78, 5) is 11.9. The summed E-state index contributed by atoms with van der Waals surface area (Å²) < 4.78 is 5.14. The van der Waals surface area contributed by atoms with Crippen LogP contribution in [0.25, 0.3) is 0 Å². The van der Waals surface area contributed by atoms with E-state index in [1.807, 2.05) is 11.4 Å². The van der Waals surface area contributed by atoms with Crippen molar-refractivity contribution in [2.45, 2.75) is 19.2 Å². The van der Waals surface area contributed by atoms with Crippen LogP contribution < -0.4 is 0 Å². The van der Waals surface area contributed by atoms with Gasteiger partial charge in [0.15, 0.2) is 0 Å². The minimum Gasteiger partial charge on any atom is -0.409 e. The Kier molecular flexibility index (Phi) is 2.55. The number of esters is 1. The molecule has 0 saturated carbocycles. The summed E-state index contributed by atoms with van der Waals surface area (Å²) in [5, 5.41) is 16.1. The number of carbonyl (C=O) groups excluding carboxylic acids is 1. The molecule has 0 fully saturated rings. The van der Waals surface area contributed by atoms with Crippen LogP contribution in [0.4, 0.5) is 0 Å². The van der Waals surface area contributed by atoms with Crippen molar-refractivity contribution in [2.75, 3.05) is 0 Å². The number of thiophene rings is 1. The van der Waals surface area contributed by atoms with Gasteiger partial charge in [-0.05, 0) is 21.9 Å². The molecule has 0 amide bonds. The van der Waals surface area contributed by atoms with Crippen LogP contribution in [0.1, 0.15) is 18.2 Å². The SMILES string of the molecule is CCC(=O)OC1(c2cccs2)N=NN=N1. The summed E-state index contributed by atoms with van der Waals surface area (Å²) in [6.45, 7) is 1.70. The molecule has 0 atom stereocenters. The third-order valence-corrected chi connectivity index (χ3v) is 2.74. The average Bonchev–Trinajstić information content (AvgIpc) is 2.87. The molecular weight excluding hydrogens is 216 g/mol. The van der Waals surface area contributed by atoms with Gasteiger partial charge in [-0.2, -0.15) is 0 Å². The van der Waals surface area contributed by atoms with Crippen molar-refractivity contribution in [1.82, 2.24) is 0 Å². The molecule has 1 aliphatic heterocycles. The molecule has 78 valence electrons. The Morgan fingerprint density at radius 2 is 2.27 bits per heavy atom. The van der Waals surface area contributed by atoms with E-state index in [1.54, 1.807) is 13.0 Å². The van der Waals surface area contributed by atoms with Crippen molar-refractivity contribution in [3.63, 3.8) is 0 Å². The second-order valence-corrected chi connectivity index (χ2v) is 3.74. The molecule has 0 saturated heterocycles. The van der Waals surface area contributed by atoms with Crippen molar-refractivity contribution in [3.05, 3.63) is 22.4 Å². The molecule has 0 bridgehead atoms. The highest BCUT2D eigenvalue weighted by molar-refractivity contribution is 7.10. The average molecular weight is 224 g/mol. The Hall–Kier alpha value is -1.63. The summed E-state index contributed by atoms with van der Waals surface area (Å²) in [5.74, 6) is -1.76. The quantitative estimate of drug-likeness (QED) is 0.740. The Labute approximate surface area is 89.7 Å². The fourth-order valence-corrected chi connectivity index (χ4v) is 1.80. The number of rotatable bonds is 3. The maximum Gasteiger partial charge on any atom is 0.376 e. The van der Waals surface area contributed by atoms with E-state index in [2.05, 4.69) is 20.7 Å². The first-order chi connectivity index (χ1) is 7.27. The fourth-order valence-electron chi connectivity index (χ4n) is 1.07. The molecule has 0 spiro atoms. The summed E-state index contributed by atoms with van der Waals surface area (Å²) in [5.41, 5.74) is 0. The summed E-state index contributed by atoms with van der Waals surface area (Å²) in [7, 11) is 0. The largest absolute Gasteiger partial charge is 0.409 e. The van der Waals surface area contributed by atoms with Gasteiger partial charge in [0.2, 0.25) is 0 Å². The molecule has 1 aromatic heterocycles. The summed E-state index contributed by atoms with van der Waals surface area (Å²) >= 11 is 1.39. The zero-order valence-electron chi connectivity index (χ0n) is 7.95. The maximum atomic E-state index is 11.2. The molecule has 2 heterocycles. The van der Waals surface area contributed by atoms with E-state index in [0.717, 1.165) is 0 Å². The molecule has 0 N–H and O–H groups in total. The van der Waals surface area contributed by atoms with E-state index in [4.69, 9.17) is 4.74 Å². The Balaban J connectivity index is 2.30. The molecule has 2 rings (SSSR count). The molecule has 0 aromatic carbocycles. The first kappa shape index (κ1) is 9.91. The third-order valence-electron chi connectivity index (χ3n) is 1.79. The van der Waals surface area contributed by atoms with E-state index >= 15 is 0 Å². The highest BCUT2D eigenvalue weighted by Gasteiger charge is 2.40. The van der Waals surface area contributed by atoms with Gasteiger partial charge in [0.1, 0.15) is 0 Å². The molecule has 1 aromatic rings. The van der Waals surface area contributed by atoms with Crippen LogP contribution in [0.3, 0.4) is 0 Å². The first-order valence-corrected chi connectivity index (χ1v) is 5.25. The maximum absolute atomic E-state index is 11.2. The zero-order valence-corrected chi connectivity index (χ0v) is 8.77. The smallest absolute Gasteiger partial charge is 0.376 e. The van der Waals surface area contributed by atoms with E-state index < -0.39 is 5.85 Å². The van der Waals surface area contributed by atoms with Crippen LogP contribution in [-0.2, 0) is 15.4 Å². The van der Waals surface area contributed by atoms with Crippen LogP contribution in [-0.4, -0.2) is 5.97 Å². The fraction of sp³-hybridized carbons (Fsp3) is 0.375. The van der Waals surface area contributed by atoms with Crippen LogP contribution in [0, 0.1) is 0 Å². The predicted octanol–water partition coefficient (Wildman–Crippen LogP) is 2.64. The van der Waals surface area contributed by atoms with Gasteiger partial charge in [-0.1, -0.05) is 23.2 Å². The normalized spacial score (nSPS) is 16.9.